The van der Waals surface area contributed by atoms with Crippen molar-refractivity contribution >= 4 is 17.2 Å². The van der Waals surface area contributed by atoms with Gasteiger partial charge in [-0.3, -0.25) is 4.79 Å². The highest BCUT2D eigenvalue weighted by molar-refractivity contribution is 7.13. The van der Waals surface area contributed by atoms with Crippen LogP contribution in [0.4, 0.5) is 13.2 Å². The fraction of sp³-hybridized carbons (Fsp3) is 0.727. The van der Waals surface area contributed by atoms with E-state index in [0.29, 0.717) is 11.4 Å². The lowest BCUT2D eigenvalue weighted by molar-refractivity contribution is -0.141. The zero-order chi connectivity index (χ0) is 14.6. The minimum absolute atomic E-state index is 0.102. The van der Waals surface area contributed by atoms with Gasteiger partial charge in [0.15, 0.2) is 0 Å². The second-order valence-corrected chi connectivity index (χ2v) is 5.56. The molecule has 0 radical (unpaired) electrons. The fourth-order valence-electron chi connectivity index (χ4n) is 1.42. The molecule has 19 heavy (non-hydrogen) atoms. The molecule has 1 rings (SSSR count). The van der Waals surface area contributed by atoms with Crippen LogP contribution in [0, 0.1) is 5.92 Å². The summed E-state index contributed by atoms with van der Waals surface area (Å²) in [4.78, 5) is 11.8. The number of rotatable bonds is 5. The maximum Gasteiger partial charge on any atom is 0.391 e. The van der Waals surface area contributed by atoms with Crippen LogP contribution in [0.1, 0.15) is 42.0 Å². The Balaban J connectivity index is 2.71. The Morgan fingerprint density at radius 2 is 2.00 bits per heavy atom. The Morgan fingerprint density at radius 3 is 2.42 bits per heavy atom. The first-order valence-electron chi connectivity index (χ1n) is 5.93. The molecule has 0 bridgehead atoms. The summed E-state index contributed by atoms with van der Waals surface area (Å²) >= 11 is 1.10. The number of carbonyl (C=O) groups is 1. The SMILES string of the molecule is CCc1nnc(C(=O)NC(CC(F)(F)F)C(C)C)s1. The Kier molecular flexibility index (Phi) is 5.28. The van der Waals surface area contributed by atoms with Crippen LogP contribution >= 0.6 is 11.3 Å². The van der Waals surface area contributed by atoms with Crippen molar-refractivity contribution < 1.29 is 18.0 Å². The van der Waals surface area contributed by atoms with E-state index in [1.165, 1.54) is 0 Å². The molecule has 1 atom stereocenters. The van der Waals surface area contributed by atoms with Crippen LogP contribution < -0.4 is 5.32 Å². The van der Waals surface area contributed by atoms with Crippen LogP contribution in [-0.2, 0) is 6.42 Å². The maximum absolute atomic E-state index is 12.4. The minimum atomic E-state index is -4.31. The summed E-state index contributed by atoms with van der Waals surface area (Å²) in [6.07, 6.45) is -4.71. The smallest absolute Gasteiger partial charge is 0.347 e. The van der Waals surface area contributed by atoms with Crippen molar-refractivity contribution in [3.8, 4) is 0 Å². The third-order valence-electron chi connectivity index (χ3n) is 2.54. The van der Waals surface area contributed by atoms with Gasteiger partial charge in [-0.05, 0) is 12.3 Å². The molecule has 0 saturated heterocycles. The van der Waals surface area contributed by atoms with E-state index < -0.39 is 24.5 Å². The number of nitrogens with zero attached hydrogens (tertiary/aromatic N) is 2. The first-order chi connectivity index (χ1) is 8.73. The van der Waals surface area contributed by atoms with Crippen LogP contribution in [0.15, 0.2) is 0 Å². The number of hydrogen-bond acceptors (Lipinski definition) is 4. The lowest BCUT2D eigenvalue weighted by Gasteiger charge is -2.22. The maximum atomic E-state index is 12.4. The van der Waals surface area contributed by atoms with Gasteiger partial charge in [-0.1, -0.05) is 32.1 Å². The molecule has 1 heterocycles. The van der Waals surface area contributed by atoms with E-state index in [1.54, 1.807) is 13.8 Å². The van der Waals surface area contributed by atoms with Gasteiger partial charge in [-0.2, -0.15) is 13.2 Å². The van der Waals surface area contributed by atoms with Gasteiger partial charge in [-0.15, -0.1) is 10.2 Å². The van der Waals surface area contributed by atoms with Crippen molar-refractivity contribution in [1.29, 1.82) is 0 Å². The summed E-state index contributed by atoms with van der Waals surface area (Å²) in [5.41, 5.74) is 0. The molecule has 0 aromatic carbocycles. The molecule has 108 valence electrons. The molecule has 0 fully saturated rings. The summed E-state index contributed by atoms with van der Waals surface area (Å²) in [6.45, 7) is 5.13. The van der Waals surface area contributed by atoms with Gasteiger partial charge < -0.3 is 5.32 Å². The standard InChI is InChI=1S/C11H16F3N3OS/c1-4-8-16-17-10(19-8)9(18)15-7(6(2)3)5-11(12,13)14/h6-7H,4-5H2,1-3H3,(H,15,18). The van der Waals surface area contributed by atoms with Crippen molar-refractivity contribution in [2.24, 2.45) is 5.92 Å². The van der Waals surface area contributed by atoms with Gasteiger partial charge in [-0.25, -0.2) is 0 Å². The Hall–Kier alpha value is -1.18. The number of amides is 1. The summed E-state index contributed by atoms with van der Waals surface area (Å²) in [6, 6.07) is -0.957. The molecule has 1 amide bonds. The molecular weight excluding hydrogens is 279 g/mol. The van der Waals surface area contributed by atoms with Gasteiger partial charge in [0.1, 0.15) is 5.01 Å². The zero-order valence-corrected chi connectivity index (χ0v) is 11.7. The molecule has 1 unspecified atom stereocenters. The molecule has 0 aliphatic rings. The number of hydrogen-bond donors (Lipinski definition) is 1. The number of nitrogens with one attached hydrogen (secondary N) is 1. The molecule has 0 saturated carbocycles. The van der Waals surface area contributed by atoms with Crippen LogP contribution in [0.3, 0.4) is 0 Å². The number of aryl methyl sites for hydroxylation is 1. The van der Waals surface area contributed by atoms with Crippen molar-refractivity contribution in [2.75, 3.05) is 0 Å². The van der Waals surface area contributed by atoms with Gasteiger partial charge in [0.25, 0.3) is 5.91 Å². The van der Waals surface area contributed by atoms with E-state index >= 15 is 0 Å². The number of alkyl halides is 3. The molecule has 1 N–H and O–H groups in total. The lowest BCUT2D eigenvalue weighted by Crippen LogP contribution is -2.41. The largest absolute Gasteiger partial charge is 0.391 e. The van der Waals surface area contributed by atoms with Crippen LogP contribution in [0.25, 0.3) is 0 Å². The molecule has 1 aromatic heterocycles. The summed E-state index contributed by atoms with van der Waals surface area (Å²) in [5, 5.41) is 10.6. The number of carbonyl (C=O) groups excluding carboxylic acids is 1. The Morgan fingerprint density at radius 1 is 1.37 bits per heavy atom. The first kappa shape index (κ1) is 15.9. The molecule has 0 spiro atoms. The first-order valence-corrected chi connectivity index (χ1v) is 6.74. The van der Waals surface area contributed by atoms with E-state index in [2.05, 4.69) is 15.5 Å². The summed E-state index contributed by atoms with van der Waals surface area (Å²) in [7, 11) is 0. The van der Waals surface area contributed by atoms with E-state index in [9.17, 15) is 18.0 Å². The monoisotopic (exact) mass is 295 g/mol. The van der Waals surface area contributed by atoms with Gasteiger partial charge >= 0.3 is 6.18 Å². The third-order valence-corrected chi connectivity index (χ3v) is 3.60. The van der Waals surface area contributed by atoms with Crippen LogP contribution in [0.5, 0.6) is 0 Å². The van der Waals surface area contributed by atoms with Crippen molar-refractivity contribution in [3.05, 3.63) is 10.0 Å². The van der Waals surface area contributed by atoms with Crippen molar-refractivity contribution in [1.82, 2.24) is 15.5 Å². The molecule has 4 nitrogen and oxygen atoms in total. The second kappa shape index (κ2) is 6.31. The summed E-state index contributed by atoms with van der Waals surface area (Å²) in [5.74, 6) is -0.913. The topological polar surface area (TPSA) is 54.9 Å². The highest BCUT2D eigenvalue weighted by Crippen LogP contribution is 2.25. The quantitative estimate of drug-likeness (QED) is 0.908. The average molecular weight is 295 g/mol. The predicted molar refractivity (Wildman–Crippen MR) is 66.1 cm³/mol. The lowest BCUT2D eigenvalue weighted by atomic mass is 10.0. The normalized spacial score (nSPS) is 13.6. The van der Waals surface area contributed by atoms with Gasteiger partial charge in [0.05, 0.1) is 6.42 Å². The second-order valence-electron chi connectivity index (χ2n) is 4.50. The number of halogens is 3. The number of aromatic nitrogens is 2. The molecule has 0 aliphatic heterocycles. The minimum Gasteiger partial charge on any atom is -0.347 e. The van der Waals surface area contributed by atoms with Crippen LogP contribution in [0.2, 0.25) is 0 Å². The molecule has 8 heteroatoms. The van der Waals surface area contributed by atoms with Gasteiger partial charge in [0.2, 0.25) is 5.01 Å². The average Bonchev–Trinajstić information content (AvgIpc) is 2.74. The molecule has 0 aliphatic carbocycles. The van der Waals surface area contributed by atoms with Crippen LogP contribution in [-0.4, -0.2) is 28.3 Å². The van der Waals surface area contributed by atoms with E-state index in [-0.39, 0.29) is 10.9 Å². The fourth-order valence-corrected chi connectivity index (χ4v) is 2.10. The van der Waals surface area contributed by atoms with Crippen molar-refractivity contribution in [2.45, 2.75) is 45.8 Å². The van der Waals surface area contributed by atoms with Gasteiger partial charge in [0, 0.05) is 6.04 Å². The predicted octanol–water partition coefficient (Wildman–Crippen LogP) is 2.81. The summed E-state index contributed by atoms with van der Waals surface area (Å²) < 4.78 is 37.2. The van der Waals surface area contributed by atoms with E-state index in [0.717, 1.165) is 11.3 Å². The van der Waals surface area contributed by atoms with E-state index in [1.807, 2.05) is 6.92 Å². The third kappa shape index (κ3) is 5.14. The van der Waals surface area contributed by atoms with Crippen molar-refractivity contribution in [3.63, 3.8) is 0 Å². The Bertz CT molecular complexity index is 431. The Labute approximate surface area is 113 Å². The zero-order valence-electron chi connectivity index (χ0n) is 10.9. The highest BCUT2D eigenvalue weighted by atomic mass is 32.1. The highest BCUT2D eigenvalue weighted by Gasteiger charge is 2.34. The van der Waals surface area contributed by atoms with E-state index in [4.69, 9.17) is 0 Å². The molecular formula is C11H16F3N3OS. The molecule has 1 aromatic rings.